The fourth-order valence-corrected chi connectivity index (χ4v) is 2.16. The number of amides is 1. The molecule has 0 spiro atoms. The van der Waals surface area contributed by atoms with Gasteiger partial charge in [-0.2, -0.15) is 0 Å². The number of halogens is 2. The molecule has 1 fully saturated rings. The highest BCUT2D eigenvalue weighted by molar-refractivity contribution is 5.92. The molecule has 1 aliphatic rings. The summed E-state index contributed by atoms with van der Waals surface area (Å²) in [5, 5.41) is 6.14. The van der Waals surface area contributed by atoms with Gasteiger partial charge in [-0.1, -0.05) is 0 Å². The SMILES string of the molecule is COc1ccncc1NC(=O)CCC1CCNC1.Cl.Cl. The maximum atomic E-state index is 11.8. The highest BCUT2D eigenvalue weighted by Crippen LogP contribution is 2.22. The molecule has 20 heavy (non-hydrogen) atoms. The molecule has 2 heterocycles. The summed E-state index contributed by atoms with van der Waals surface area (Å²) in [4.78, 5) is 15.8. The van der Waals surface area contributed by atoms with Crippen LogP contribution in [0.3, 0.4) is 0 Å². The van der Waals surface area contributed by atoms with E-state index in [0.29, 0.717) is 23.8 Å². The van der Waals surface area contributed by atoms with Gasteiger partial charge in [-0.05, 0) is 31.8 Å². The van der Waals surface area contributed by atoms with E-state index < -0.39 is 0 Å². The van der Waals surface area contributed by atoms with Crippen LogP contribution in [0.2, 0.25) is 0 Å². The van der Waals surface area contributed by atoms with Gasteiger partial charge in [-0.3, -0.25) is 9.78 Å². The molecule has 1 atom stereocenters. The number of ether oxygens (including phenoxy) is 1. The Morgan fingerprint density at radius 2 is 2.35 bits per heavy atom. The maximum absolute atomic E-state index is 11.8. The van der Waals surface area contributed by atoms with E-state index in [1.807, 2.05) is 0 Å². The first kappa shape index (κ1) is 19.0. The number of carbonyl (C=O) groups is 1. The van der Waals surface area contributed by atoms with Crippen LogP contribution in [-0.2, 0) is 4.79 Å². The zero-order chi connectivity index (χ0) is 12.8. The van der Waals surface area contributed by atoms with Gasteiger partial charge in [0, 0.05) is 18.7 Å². The average Bonchev–Trinajstić information content (AvgIpc) is 2.90. The lowest BCUT2D eigenvalue weighted by atomic mass is 10.0. The monoisotopic (exact) mass is 321 g/mol. The standard InChI is InChI=1S/C13H19N3O2.2ClH/c1-18-12-5-7-15-9-11(12)16-13(17)3-2-10-4-6-14-8-10;;/h5,7,9-10,14H,2-4,6,8H2,1H3,(H,16,17);2*1H. The average molecular weight is 322 g/mol. The van der Waals surface area contributed by atoms with E-state index in [1.165, 1.54) is 6.42 Å². The number of pyridine rings is 1. The molecule has 0 radical (unpaired) electrons. The van der Waals surface area contributed by atoms with Crippen LogP contribution in [0.4, 0.5) is 5.69 Å². The van der Waals surface area contributed by atoms with Crippen LogP contribution in [0.5, 0.6) is 5.75 Å². The third kappa shape index (κ3) is 5.53. The van der Waals surface area contributed by atoms with Crippen molar-refractivity contribution in [2.45, 2.75) is 19.3 Å². The van der Waals surface area contributed by atoms with Crippen molar-refractivity contribution in [3.8, 4) is 5.75 Å². The number of anilines is 1. The Morgan fingerprint density at radius 1 is 1.55 bits per heavy atom. The molecule has 0 aromatic carbocycles. The van der Waals surface area contributed by atoms with Crippen LogP contribution >= 0.6 is 24.8 Å². The molecule has 1 aromatic heterocycles. The Balaban J connectivity index is 0.00000180. The highest BCUT2D eigenvalue weighted by Gasteiger charge is 2.16. The molecule has 1 amide bonds. The number of nitrogens with zero attached hydrogens (tertiary/aromatic N) is 1. The zero-order valence-electron chi connectivity index (χ0n) is 11.4. The fourth-order valence-electron chi connectivity index (χ4n) is 2.16. The quantitative estimate of drug-likeness (QED) is 0.873. The third-order valence-electron chi connectivity index (χ3n) is 3.22. The van der Waals surface area contributed by atoms with Crippen molar-refractivity contribution in [3.05, 3.63) is 18.5 Å². The molecule has 114 valence electrons. The zero-order valence-corrected chi connectivity index (χ0v) is 13.1. The lowest BCUT2D eigenvalue weighted by Gasteiger charge is -2.10. The highest BCUT2D eigenvalue weighted by atomic mass is 35.5. The van der Waals surface area contributed by atoms with Crippen molar-refractivity contribution in [2.75, 3.05) is 25.5 Å². The second-order valence-corrected chi connectivity index (χ2v) is 4.52. The van der Waals surface area contributed by atoms with Crippen LogP contribution in [0, 0.1) is 5.92 Å². The Morgan fingerprint density at radius 3 is 3.00 bits per heavy atom. The number of hydrogen-bond acceptors (Lipinski definition) is 4. The normalized spacial score (nSPS) is 16.8. The summed E-state index contributed by atoms with van der Waals surface area (Å²) in [5.74, 6) is 1.29. The van der Waals surface area contributed by atoms with Crippen molar-refractivity contribution in [3.63, 3.8) is 0 Å². The minimum absolute atomic E-state index is 0. The van der Waals surface area contributed by atoms with Crippen molar-refractivity contribution in [1.29, 1.82) is 0 Å². The molecule has 0 saturated carbocycles. The molecule has 2 N–H and O–H groups in total. The summed E-state index contributed by atoms with van der Waals surface area (Å²) in [6, 6.07) is 1.73. The van der Waals surface area contributed by atoms with Gasteiger partial charge in [0.05, 0.1) is 13.3 Å². The van der Waals surface area contributed by atoms with E-state index in [9.17, 15) is 4.79 Å². The van der Waals surface area contributed by atoms with Crippen molar-refractivity contribution >= 4 is 36.4 Å². The van der Waals surface area contributed by atoms with Crippen LogP contribution in [0.1, 0.15) is 19.3 Å². The van der Waals surface area contributed by atoms with Gasteiger partial charge in [0.25, 0.3) is 0 Å². The third-order valence-corrected chi connectivity index (χ3v) is 3.22. The van der Waals surface area contributed by atoms with Crippen LogP contribution in [0.15, 0.2) is 18.5 Å². The molecule has 0 aliphatic carbocycles. The minimum atomic E-state index is 0. The van der Waals surface area contributed by atoms with E-state index in [4.69, 9.17) is 4.74 Å². The number of aromatic nitrogens is 1. The summed E-state index contributed by atoms with van der Waals surface area (Å²) in [6.45, 7) is 2.10. The van der Waals surface area contributed by atoms with Crippen LogP contribution in [-0.4, -0.2) is 31.1 Å². The second kappa shape index (κ2) is 9.80. The van der Waals surface area contributed by atoms with Gasteiger partial charge in [-0.15, -0.1) is 24.8 Å². The van der Waals surface area contributed by atoms with Gasteiger partial charge in [-0.25, -0.2) is 0 Å². The predicted octanol–water partition coefficient (Wildman–Crippen LogP) is 2.26. The van der Waals surface area contributed by atoms with E-state index in [-0.39, 0.29) is 30.7 Å². The van der Waals surface area contributed by atoms with E-state index in [2.05, 4.69) is 15.6 Å². The number of methoxy groups -OCH3 is 1. The van der Waals surface area contributed by atoms with E-state index in [1.54, 1.807) is 25.6 Å². The van der Waals surface area contributed by atoms with Crippen molar-refractivity contribution < 1.29 is 9.53 Å². The molecule has 7 heteroatoms. The largest absolute Gasteiger partial charge is 0.494 e. The Hall–Kier alpha value is -1.04. The topological polar surface area (TPSA) is 63.2 Å². The summed E-state index contributed by atoms with van der Waals surface area (Å²) >= 11 is 0. The van der Waals surface area contributed by atoms with Crippen molar-refractivity contribution in [1.82, 2.24) is 10.3 Å². The van der Waals surface area contributed by atoms with Gasteiger partial charge in [0.15, 0.2) is 0 Å². The number of nitrogens with one attached hydrogen (secondary N) is 2. The number of rotatable bonds is 5. The first-order valence-electron chi connectivity index (χ1n) is 6.28. The van der Waals surface area contributed by atoms with E-state index in [0.717, 1.165) is 19.5 Å². The van der Waals surface area contributed by atoms with Crippen LogP contribution in [0.25, 0.3) is 0 Å². The van der Waals surface area contributed by atoms with Gasteiger partial charge < -0.3 is 15.4 Å². The summed E-state index contributed by atoms with van der Waals surface area (Å²) in [6.07, 6.45) is 5.89. The molecule has 5 nitrogen and oxygen atoms in total. The van der Waals surface area contributed by atoms with Gasteiger partial charge >= 0.3 is 0 Å². The summed E-state index contributed by atoms with van der Waals surface area (Å²) < 4.78 is 5.16. The molecular weight excluding hydrogens is 301 g/mol. The summed E-state index contributed by atoms with van der Waals surface area (Å²) in [5.41, 5.74) is 0.634. The first-order chi connectivity index (χ1) is 8.79. The Labute approximate surface area is 131 Å². The fraction of sp³-hybridized carbons (Fsp3) is 0.538. The molecule has 1 aromatic rings. The predicted molar refractivity (Wildman–Crippen MR) is 84.1 cm³/mol. The molecule has 1 aliphatic heterocycles. The smallest absolute Gasteiger partial charge is 0.224 e. The van der Waals surface area contributed by atoms with Crippen molar-refractivity contribution in [2.24, 2.45) is 5.92 Å². The minimum Gasteiger partial charge on any atom is -0.494 e. The van der Waals surface area contributed by atoms with Gasteiger partial charge in [0.2, 0.25) is 5.91 Å². The lowest BCUT2D eigenvalue weighted by molar-refractivity contribution is -0.116. The summed E-state index contributed by atoms with van der Waals surface area (Å²) in [7, 11) is 1.58. The van der Waals surface area contributed by atoms with E-state index >= 15 is 0 Å². The molecule has 2 rings (SSSR count). The number of carbonyl (C=O) groups excluding carboxylic acids is 1. The Kier molecular flexibility index (Phi) is 9.29. The molecule has 0 bridgehead atoms. The second-order valence-electron chi connectivity index (χ2n) is 4.52. The maximum Gasteiger partial charge on any atom is 0.224 e. The van der Waals surface area contributed by atoms with Gasteiger partial charge in [0.1, 0.15) is 11.4 Å². The lowest BCUT2D eigenvalue weighted by Crippen LogP contribution is -2.15. The number of hydrogen-bond donors (Lipinski definition) is 2. The molecule has 1 unspecified atom stereocenters. The Bertz CT molecular complexity index is 412. The first-order valence-corrected chi connectivity index (χ1v) is 6.28. The molecular formula is C13H21Cl2N3O2. The van der Waals surface area contributed by atoms with Crippen LogP contribution < -0.4 is 15.4 Å². The molecule has 1 saturated heterocycles.